The standard InChI is InChI=1S/C17H27N3O2/c1-14-7-6-8-18-16(14)20(13-15(2)17(21)22)12-11-19-9-4-3-5-10-19/h6-8,15H,3-5,9-13H2,1-2H3,(H,21,22). The fraction of sp³-hybridized carbons (Fsp3) is 0.647. The Labute approximate surface area is 132 Å². The molecule has 5 nitrogen and oxygen atoms in total. The van der Waals surface area contributed by atoms with Crippen molar-refractivity contribution in [2.75, 3.05) is 37.6 Å². The minimum absolute atomic E-state index is 0.400. The van der Waals surface area contributed by atoms with Gasteiger partial charge in [0.25, 0.3) is 0 Å². The summed E-state index contributed by atoms with van der Waals surface area (Å²) in [5.41, 5.74) is 1.10. The monoisotopic (exact) mass is 305 g/mol. The highest BCUT2D eigenvalue weighted by Gasteiger charge is 2.20. The van der Waals surface area contributed by atoms with E-state index in [9.17, 15) is 9.90 Å². The number of carboxylic acid groups (broad SMARTS) is 1. The van der Waals surface area contributed by atoms with Gasteiger partial charge >= 0.3 is 5.97 Å². The first kappa shape index (κ1) is 16.7. The minimum atomic E-state index is -0.753. The summed E-state index contributed by atoms with van der Waals surface area (Å²) in [5.74, 6) is -0.244. The zero-order chi connectivity index (χ0) is 15.9. The van der Waals surface area contributed by atoms with Crippen molar-refractivity contribution in [2.24, 2.45) is 5.92 Å². The Morgan fingerprint density at radius 2 is 2.14 bits per heavy atom. The van der Waals surface area contributed by atoms with E-state index in [-0.39, 0.29) is 0 Å². The second-order valence-electron chi connectivity index (χ2n) is 6.23. The van der Waals surface area contributed by atoms with Gasteiger partial charge in [0.15, 0.2) is 0 Å². The third kappa shape index (κ3) is 4.70. The van der Waals surface area contributed by atoms with Crippen molar-refractivity contribution >= 4 is 11.8 Å². The minimum Gasteiger partial charge on any atom is -0.481 e. The average Bonchev–Trinajstić information content (AvgIpc) is 2.53. The molecule has 2 rings (SSSR count). The van der Waals surface area contributed by atoms with Gasteiger partial charge < -0.3 is 14.9 Å². The summed E-state index contributed by atoms with van der Waals surface area (Å²) in [6.07, 6.45) is 5.65. The normalized spacial score (nSPS) is 17.2. The van der Waals surface area contributed by atoms with Gasteiger partial charge in [-0.05, 0) is 44.5 Å². The predicted molar refractivity (Wildman–Crippen MR) is 88.3 cm³/mol. The van der Waals surface area contributed by atoms with Crippen LogP contribution in [0.15, 0.2) is 18.3 Å². The van der Waals surface area contributed by atoms with E-state index in [1.54, 1.807) is 13.1 Å². The second kappa shape index (κ2) is 8.13. The van der Waals surface area contributed by atoms with Crippen LogP contribution in [0.5, 0.6) is 0 Å². The smallest absolute Gasteiger partial charge is 0.308 e. The van der Waals surface area contributed by atoms with Gasteiger partial charge in [-0.3, -0.25) is 4.79 Å². The van der Waals surface area contributed by atoms with Crippen LogP contribution in [-0.4, -0.2) is 53.7 Å². The number of carbonyl (C=O) groups is 1. The lowest BCUT2D eigenvalue weighted by atomic mass is 10.1. The highest BCUT2D eigenvalue weighted by molar-refractivity contribution is 5.70. The molecule has 1 aromatic rings. The number of piperidine rings is 1. The van der Waals surface area contributed by atoms with Crippen molar-refractivity contribution in [1.82, 2.24) is 9.88 Å². The molecule has 0 amide bonds. The number of rotatable bonds is 7. The lowest BCUT2D eigenvalue weighted by Crippen LogP contribution is -2.41. The summed E-state index contributed by atoms with van der Waals surface area (Å²) >= 11 is 0. The number of hydrogen-bond donors (Lipinski definition) is 1. The van der Waals surface area contributed by atoms with Crippen molar-refractivity contribution in [3.05, 3.63) is 23.9 Å². The fourth-order valence-electron chi connectivity index (χ4n) is 2.95. The highest BCUT2D eigenvalue weighted by Crippen LogP contribution is 2.18. The van der Waals surface area contributed by atoms with E-state index in [2.05, 4.69) is 14.8 Å². The van der Waals surface area contributed by atoms with Crippen molar-refractivity contribution in [1.29, 1.82) is 0 Å². The molecule has 0 radical (unpaired) electrons. The molecule has 1 aliphatic rings. The molecule has 2 heterocycles. The zero-order valence-electron chi connectivity index (χ0n) is 13.7. The SMILES string of the molecule is Cc1cccnc1N(CCN1CCCCC1)CC(C)C(=O)O. The summed E-state index contributed by atoms with van der Waals surface area (Å²) in [4.78, 5) is 20.3. The Kier molecular flexibility index (Phi) is 6.19. The van der Waals surface area contributed by atoms with Gasteiger partial charge in [0, 0.05) is 25.8 Å². The largest absolute Gasteiger partial charge is 0.481 e. The molecule has 0 saturated carbocycles. The van der Waals surface area contributed by atoms with Gasteiger partial charge in [0.2, 0.25) is 0 Å². The van der Waals surface area contributed by atoms with E-state index in [1.807, 2.05) is 19.1 Å². The van der Waals surface area contributed by atoms with Gasteiger partial charge in [0.05, 0.1) is 5.92 Å². The van der Waals surface area contributed by atoms with Crippen LogP contribution in [0.4, 0.5) is 5.82 Å². The maximum Gasteiger partial charge on any atom is 0.308 e. The predicted octanol–water partition coefficient (Wildman–Crippen LogP) is 2.40. The van der Waals surface area contributed by atoms with E-state index in [0.717, 1.165) is 37.6 Å². The lowest BCUT2D eigenvalue weighted by molar-refractivity contribution is -0.140. The van der Waals surface area contributed by atoms with E-state index in [0.29, 0.717) is 6.54 Å². The van der Waals surface area contributed by atoms with Gasteiger partial charge in [-0.15, -0.1) is 0 Å². The Balaban J connectivity index is 2.04. The first-order valence-corrected chi connectivity index (χ1v) is 8.19. The molecule has 1 unspecified atom stereocenters. The molecule has 22 heavy (non-hydrogen) atoms. The molecule has 1 aromatic heterocycles. The molecule has 122 valence electrons. The van der Waals surface area contributed by atoms with Crippen LogP contribution in [0.1, 0.15) is 31.7 Å². The molecule has 1 atom stereocenters. The first-order valence-electron chi connectivity index (χ1n) is 8.19. The number of anilines is 1. The number of pyridine rings is 1. The Morgan fingerprint density at radius 3 is 2.77 bits per heavy atom. The molecule has 0 spiro atoms. The van der Waals surface area contributed by atoms with E-state index in [1.165, 1.54) is 19.3 Å². The summed E-state index contributed by atoms with van der Waals surface area (Å²) in [5, 5.41) is 9.21. The Bertz CT molecular complexity index is 487. The van der Waals surface area contributed by atoms with E-state index < -0.39 is 11.9 Å². The van der Waals surface area contributed by atoms with Crippen molar-refractivity contribution < 1.29 is 9.90 Å². The number of nitrogens with zero attached hydrogens (tertiary/aromatic N) is 3. The number of carboxylic acids is 1. The molecule has 1 fully saturated rings. The van der Waals surface area contributed by atoms with Crippen molar-refractivity contribution in [3.8, 4) is 0 Å². The fourth-order valence-corrected chi connectivity index (χ4v) is 2.95. The maximum atomic E-state index is 11.2. The van der Waals surface area contributed by atoms with Crippen LogP contribution in [0, 0.1) is 12.8 Å². The molecule has 0 aromatic carbocycles. The summed E-state index contributed by atoms with van der Waals surface area (Å²) in [6, 6.07) is 3.95. The zero-order valence-corrected chi connectivity index (χ0v) is 13.7. The number of aliphatic carboxylic acids is 1. The van der Waals surface area contributed by atoms with Crippen LogP contribution in [0.3, 0.4) is 0 Å². The van der Waals surface area contributed by atoms with Crippen LogP contribution < -0.4 is 4.90 Å². The molecular formula is C17H27N3O2. The maximum absolute atomic E-state index is 11.2. The van der Waals surface area contributed by atoms with Crippen LogP contribution >= 0.6 is 0 Å². The molecule has 5 heteroatoms. The van der Waals surface area contributed by atoms with Gasteiger partial charge in [0.1, 0.15) is 5.82 Å². The molecule has 0 bridgehead atoms. The first-order chi connectivity index (χ1) is 10.6. The number of aryl methyl sites for hydroxylation is 1. The van der Waals surface area contributed by atoms with Crippen molar-refractivity contribution in [2.45, 2.75) is 33.1 Å². The number of hydrogen-bond acceptors (Lipinski definition) is 4. The Hall–Kier alpha value is -1.62. The van der Waals surface area contributed by atoms with Crippen molar-refractivity contribution in [3.63, 3.8) is 0 Å². The van der Waals surface area contributed by atoms with E-state index in [4.69, 9.17) is 0 Å². The highest BCUT2D eigenvalue weighted by atomic mass is 16.4. The average molecular weight is 305 g/mol. The lowest BCUT2D eigenvalue weighted by Gasteiger charge is -2.32. The third-order valence-corrected chi connectivity index (χ3v) is 4.33. The third-order valence-electron chi connectivity index (χ3n) is 4.33. The molecule has 0 aliphatic carbocycles. The van der Waals surface area contributed by atoms with Crippen LogP contribution in [0.2, 0.25) is 0 Å². The Morgan fingerprint density at radius 1 is 1.41 bits per heavy atom. The molecule has 1 aliphatic heterocycles. The van der Waals surface area contributed by atoms with Gasteiger partial charge in [-0.25, -0.2) is 4.98 Å². The number of likely N-dealkylation sites (tertiary alicyclic amines) is 1. The topological polar surface area (TPSA) is 56.7 Å². The molecule has 1 N–H and O–H groups in total. The van der Waals surface area contributed by atoms with Gasteiger partial charge in [-0.2, -0.15) is 0 Å². The second-order valence-corrected chi connectivity index (χ2v) is 6.23. The summed E-state index contributed by atoms with van der Waals surface area (Å²) < 4.78 is 0. The van der Waals surface area contributed by atoms with E-state index >= 15 is 0 Å². The molecule has 1 saturated heterocycles. The summed E-state index contributed by atoms with van der Waals surface area (Å²) in [6.45, 7) is 8.40. The molecular weight excluding hydrogens is 278 g/mol. The van der Waals surface area contributed by atoms with Gasteiger partial charge in [-0.1, -0.05) is 19.4 Å². The number of aromatic nitrogens is 1. The van der Waals surface area contributed by atoms with Crippen LogP contribution in [-0.2, 0) is 4.79 Å². The van der Waals surface area contributed by atoms with Crippen LogP contribution in [0.25, 0.3) is 0 Å². The summed E-state index contributed by atoms with van der Waals surface area (Å²) in [7, 11) is 0. The quantitative estimate of drug-likeness (QED) is 0.838.